The lowest BCUT2D eigenvalue weighted by Gasteiger charge is -2.32. The fourth-order valence-corrected chi connectivity index (χ4v) is 6.93. The fourth-order valence-electron chi connectivity index (χ4n) is 6.93. The number of carbonyl (C=O) groups is 2. The molecule has 0 spiro atoms. The van der Waals surface area contributed by atoms with Crippen molar-refractivity contribution >= 4 is 33.9 Å². The van der Waals surface area contributed by atoms with Gasteiger partial charge in [-0.25, -0.2) is 22.9 Å². The number of hydrogen-bond donors (Lipinski definition) is 3. The van der Waals surface area contributed by atoms with E-state index in [4.69, 9.17) is 9.72 Å². The Bertz CT molecular complexity index is 1790. The van der Waals surface area contributed by atoms with Crippen molar-refractivity contribution in [1.82, 2.24) is 30.1 Å². The topological polar surface area (TPSA) is 104 Å². The van der Waals surface area contributed by atoms with Crippen LogP contribution in [0.25, 0.3) is 33.5 Å². The van der Waals surface area contributed by atoms with Gasteiger partial charge in [0.25, 0.3) is 0 Å². The molecule has 4 atom stereocenters. The molecule has 2 aliphatic rings. The molecule has 4 heterocycles. The van der Waals surface area contributed by atoms with Crippen molar-refractivity contribution in [2.75, 3.05) is 13.1 Å². The molecule has 2 aliphatic heterocycles. The number of hydrogen-bond acceptors (Lipinski definition) is 5. The Morgan fingerprint density at radius 2 is 1.87 bits per heavy atom. The third-order valence-corrected chi connectivity index (χ3v) is 9.08. The Morgan fingerprint density at radius 3 is 2.57 bits per heavy atom. The van der Waals surface area contributed by atoms with Crippen LogP contribution in [0.1, 0.15) is 59.4 Å². The maximum atomic E-state index is 14.5. The van der Waals surface area contributed by atoms with Gasteiger partial charge < -0.3 is 29.8 Å². The number of amides is 2. The van der Waals surface area contributed by atoms with Crippen LogP contribution < -0.4 is 10.6 Å². The fraction of sp³-hybridized carbons (Fsp3) is 0.514. The summed E-state index contributed by atoms with van der Waals surface area (Å²) in [6, 6.07) is 7.85. The number of ether oxygens (including phenoxy) is 1. The zero-order valence-electron chi connectivity index (χ0n) is 27.5. The summed E-state index contributed by atoms with van der Waals surface area (Å²) in [5, 5.41) is 6.84. The van der Waals surface area contributed by atoms with Crippen molar-refractivity contribution in [2.45, 2.75) is 96.7 Å². The van der Waals surface area contributed by atoms with Gasteiger partial charge in [-0.05, 0) is 88.3 Å². The minimum atomic E-state index is -0.941. The summed E-state index contributed by atoms with van der Waals surface area (Å²) in [6.45, 7) is 10.2. The molecule has 0 bridgehead atoms. The molecule has 252 valence electrons. The summed E-state index contributed by atoms with van der Waals surface area (Å²) in [7, 11) is 0. The van der Waals surface area contributed by atoms with Gasteiger partial charge in [0.2, 0.25) is 5.91 Å². The second-order valence-corrected chi connectivity index (χ2v) is 14.2. The average molecular weight is 653 g/mol. The highest BCUT2D eigenvalue weighted by Crippen LogP contribution is 2.36. The molecular weight excluding hydrogens is 609 g/mol. The maximum Gasteiger partial charge on any atom is 0.408 e. The zero-order chi connectivity index (χ0) is 33.6. The molecule has 2 amide bonds. The molecule has 6 rings (SSSR count). The van der Waals surface area contributed by atoms with Crippen molar-refractivity contribution in [3.63, 3.8) is 0 Å². The van der Waals surface area contributed by atoms with Crippen LogP contribution in [0.3, 0.4) is 0 Å². The highest BCUT2D eigenvalue weighted by atomic mass is 19.1. The van der Waals surface area contributed by atoms with Crippen LogP contribution in [-0.4, -0.2) is 74.4 Å². The highest BCUT2D eigenvalue weighted by Gasteiger charge is 2.37. The van der Waals surface area contributed by atoms with E-state index in [1.807, 2.05) is 23.3 Å². The van der Waals surface area contributed by atoms with E-state index < -0.39 is 35.5 Å². The number of fused-ring (bicyclic) bond motifs is 2. The van der Waals surface area contributed by atoms with E-state index in [-0.39, 0.29) is 30.5 Å². The van der Waals surface area contributed by atoms with Crippen molar-refractivity contribution in [2.24, 2.45) is 5.92 Å². The van der Waals surface area contributed by atoms with Gasteiger partial charge in [-0.2, -0.15) is 0 Å². The van der Waals surface area contributed by atoms with Gasteiger partial charge in [0, 0.05) is 48.7 Å². The largest absolute Gasteiger partial charge is 0.444 e. The molecule has 0 radical (unpaired) electrons. The number of rotatable bonds is 8. The normalized spacial score (nSPS) is 20.9. The number of aromatic nitrogens is 3. The van der Waals surface area contributed by atoms with Gasteiger partial charge in [-0.3, -0.25) is 4.79 Å². The van der Waals surface area contributed by atoms with Gasteiger partial charge in [0.05, 0.1) is 16.7 Å². The molecule has 9 nitrogen and oxygen atoms in total. The Morgan fingerprint density at radius 1 is 1.13 bits per heavy atom. The standard InChI is InChI=1S/C35H43F3N6O3/c1-19(2)30(42-34(46)47-35(3,4)5)33(45)43-12-6-7-24(43)18-44-29-11-9-21(37)15-28(29)41-32(44)31-26(16-23-13-22(38)17-39-23)25-10-8-20(36)14-27(25)40-31/h8-11,14-15,19,22-24,30,39-40H,6-7,12-13,16-18H2,1-5H3,(H,42,46)/t22-,23-,24-,30-/m0/s1. The summed E-state index contributed by atoms with van der Waals surface area (Å²) in [5.41, 5.74) is 2.52. The minimum Gasteiger partial charge on any atom is -0.444 e. The van der Waals surface area contributed by atoms with Gasteiger partial charge >= 0.3 is 6.09 Å². The molecule has 2 aromatic heterocycles. The molecule has 0 unspecified atom stereocenters. The summed E-state index contributed by atoms with van der Waals surface area (Å²) >= 11 is 0. The Kier molecular flexibility index (Phi) is 8.99. The Balaban J connectivity index is 1.38. The summed E-state index contributed by atoms with van der Waals surface area (Å²) < 4.78 is 50.5. The van der Waals surface area contributed by atoms with Crippen molar-refractivity contribution < 1.29 is 27.5 Å². The predicted octanol–water partition coefficient (Wildman–Crippen LogP) is 6.25. The molecular formula is C35H43F3N6O3. The minimum absolute atomic E-state index is 0.114. The van der Waals surface area contributed by atoms with Crippen LogP contribution in [0.2, 0.25) is 0 Å². The van der Waals surface area contributed by atoms with Crippen molar-refractivity contribution in [1.29, 1.82) is 0 Å². The van der Waals surface area contributed by atoms with Crippen LogP contribution in [0.15, 0.2) is 36.4 Å². The van der Waals surface area contributed by atoms with E-state index in [0.29, 0.717) is 54.0 Å². The van der Waals surface area contributed by atoms with Crippen molar-refractivity contribution in [3.05, 3.63) is 53.6 Å². The number of nitrogens with one attached hydrogen (secondary N) is 3. The molecule has 2 aromatic carbocycles. The molecule has 12 heteroatoms. The lowest BCUT2D eigenvalue weighted by atomic mass is 10.0. The second-order valence-electron chi connectivity index (χ2n) is 14.2. The van der Waals surface area contributed by atoms with Crippen LogP contribution in [0.4, 0.5) is 18.0 Å². The number of likely N-dealkylation sites (tertiary alicyclic amines) is 1. The third kappa shape index (κ3) is 6.97. The highest BCUT2D eigenvalue weighted by molar-refractivity contribution is 5.92. The smallest absolute Gasteiger partial charge is 0.408 e. The monoisotopic (exact) mass is 652 g/mol. The van der Waals surface area contributed by atoms with Crippen LogP contribution in [0.5, 0.6) is 0 Å². The first-order valence-corrected chi connectivity index (χ1v) is 16.4. The molecule has 2 fully saturated rings. The van der Waals surface area contributed by atoms with Crippen LogP contribution in [0, 0.1) is 17.6 Å². The molecule has 3 N–H and O–H groups in total. The molecule has 47 heavy (non-hydrogen) atoms. The number of imidazole rings is 1. The molecule has 0 saturated carbocycles. The van der Waals surface area contributed by atoms with E-state index in [0.717, 1.165) is 23.8 Å². The van der Waals surface area contributed by atoms with Crippen LogP contribution in [-0.2, 0) is 22.5 Å². The predicted molar refractivity (Wildman–Crippen MR) is 175 cm³/mol. The van der Waals surface area contributed by atoms with Gasteiger partial charge in [0.1, 0.15) is 29.4 Å². The Hall–Kier alpha value is -4.06. The van der Waals surface area contributed by atoms with Crippen molar-refractivity contribution in [3.8, 4) is 11.5 Å². The Labute approximate surface area is 272 Å². The SMILES string of the molecule is CC(C)[C@H](NC(=O)OC(C)(C)C)C(=O)N1CCC[C@H]1Cn1c(-c2[nH]c3cc(F)ccc3c2C[C@@H]2C[C@H](F)CN2)nc2cc(F)ccc21. The number of alkyl halides is 1. The van der Waals surface area contributed by atoms with Gasteiger partial charge in [0.15, 0.2) is 5.82 Å². The zero-order valence-corrected chi connectivity index (χ0v) is 27.5. The van der Waals surface area contributed by atoms with Crippen LogP contribution >= 0.6 is 0 Å². The first kappa shape index (κ1) is 32.9. The number of benzene rings is 2. The number of alkyl carbamates (subject to hydrolysis) is 1. The van der Waals surface area contributed by atoms with Gasteiger partial charge in [-0.1, -0.05) is 13.8 Å². The lowest BCUT2D eigenvalue weighted by Crippen LogP contribution is -2.53. The second kappa shape index (κ2) is 12.9. The first-order chi connectivity index (χ1) is 22.3. The average Bonchev–Trinajstić information content (AvgIpc) is 3.77. The number of halogens is 3. The van der Waals surface area contributed by atoms with Gasteiger partial charge in [-0.15, -0.1) is 0 Å². The summed E-state index contributed by atoms with van der Waals surface area (Å²) in [5.74, 6) is -0.678. The molecule has 0 aliphatic carbocycles. The molecule has 4 aromatic rings. The summed E-state index contributed by atoms with van der Waals surface area (Å²) in [4.78, 5) is 36.8. The quantitative estimate of drug-likeness (QED) is 0.209. The van der Waals surface area contributed by atoms with E-state index in [1.165, 1.54) is 24.3 Å². The van der Waals surface area contributed by atoms with E-state index >= 15 is 0 Å². The van der Waals surface area contributed by atoms with E-state index in [9.17, 15) is 22.8 Å². The first-order valence-electron chi connectivity index (χ1n) is 16.4. The number of aromatic amines is 1. The lowest BCUT2D eigenvalue weighted by molar-refractivity contribution is -0.135. The van der Waals surface area contributed by atoms with E-state index in [2.05, 4.69) is 15.6 Å². The number of H-pyrrole nitrogens is 1. The molecule has 2 saturated heterocycles. The number of nitrogens with zero attached hydrogens (tertiary/aromatic N) is 3. The third-order valence-electron chi connectivity index (χ3n) is 9.08. The maximum absolute atomic E-state index is 14.5. The number of carbonyl (C=O) groups excluding carboxylic acids is 2. The summed E-state index contributed by atoms with van der Waals surface area (Å²) in [6.07, 6.45) is 0.756. The van der Waals surface area contributed by atoms with E-state index in [1.54, 1.807) is 32.9 Å².